The molecule has 0 amide bonds. The minimum atomic E-state index is 0.793. The zero-order chi connectivity index (χ0) is 21.7. The van der Waals surface area contributed by atoms with Crippen LogP contribution in [0.2, 0.25) is 0 Å². The van der Waals surface area contributed by atoms with Crippen molar-refractivity contribution in [2.24, 2.45) is 5.92 Å². The summed E-state index contributed by atoms with van der Waals surface area (Å²) < 4.78 is 5.77. The Balaban J connectivity index is 1.50. The molecule has 1 aliphatic rings. The Kier molecular flexibility index (Phi) is 9.78. The Labute approximate surface area is 189 Å². The monoisotopic (exact) mass is 414 g/mol. The molecule has 1 atom stereocenters. The number of allylic oxidation sites excluding steroid dienone is 2. The van der Waals surface area contributed by atoms with Crippen LogP contribution in [0, 0.1) is 17.8 Å². The summed E-state index contributed by atoms with van der Waals surface area (Å²) in [5, 5.41) is 0. The smallest absolute Gasteiger partial charge is 0.119 e. The van der Waals surface area contributed by atoms with Gasteiger partial charge in [0, 0.05) is 11.1 Å². The predicted octanol–water partition coefficient (Wildman–Crippen LogP) is 8.42. The van der Waals surface area contributed by atoms with Crippen molar-refractivity contribution in [1.82, 2.24) is 0 Å². The van der Waals surface area contributed by atoms with Gasteiger partial charge in [-0.25, -0.2) is 0 Å². The van der Waals surface area contributed by atoms with Crippen molar-refractivity contribution < 1.29 is 4.74 Å². The van der Waals surface area contributed by atoms with E-state index in [-0.39, 0.29) is 0 Å². The second kappa shape index (κ2) is 13.1. The summed E-state index contributed by atoms with van der Waals surface area (Å²) in [7, 11) is 0. The summed E-state index contributed by atoms with van der Waals surface area (Å²) in [4.78, 5) is 0. The predicted molar refractivity (Wildman–Crippen MR) is 133 cm³/mol. The van der Waals surface area contributed by atoms with Gasteiger partial charge in [0.2, 0.25) is 0 Å². The number of rotatable bonds is 10. The molecule has 0 heterocycles. The van der Waals surface area contributed by atoms with Crippen molar-refractivity contribution in [3.05, 3.63) is 71.3 Å². The molecular weight excluding hydrogens is 376 g/mol. The molecule has 1 nitrogen and oxygen atoms in total. The number of unbranched alkanes of at least 4 members (excludes halogenated alkanes) is 4. The first-order valence-electron chi connectivity index (χ1n) is 12.3. The van der Waals surface area contributed by atoms with E-state index < -0.39 is 0 Å². The summed E-state index contributed by atoms with van der Waals surface area (Å²) in [6, 6.07) is 16.9. The van der Waals surface area contributed by atoms with Gasteiger partial charge in [-0.3, -0.25) is 0 Å². The van der Waals surface area contributed by atoms with Gasteiger partial charge in [-0.15, -0.1) is 0 Å². The van der Waals surface area contributed by atoms with Gasteiger partial charge in [0.15, 0.2) is 0 Å². The molecule has 1 aliphatic carbocycles. The average molecular weight is 415 g/mol. The standard InChI is InChI=1S/C30H38O/c1-3-5-7-9-25-12-18-28(19-13-25)29-20-14-26(15-21-29)10-11-27-16-22-30(23-17-27)31-24-8-6-4-2/h14-18,20-23,25H,3-9,12-13,19,24H2,1-2H3. The van der Waals surface area contributed by atoms with Crippen molar-refractivity contribution >= 4 is 5.57 Å². The van der Waals surface area contributed by atoms with Crippen LogP contribution in [-0.2, 0) is 0 Å². The Morgan fingerprint density at radius 2 is 1.45 bits per heavy atom. The van der Waals surface area contributed by atoms with Crippen molar-refractivity contribution in [1.29, 1.82) is 0 Å². The lowest BCUT2D eigenvalue weighted by atomic mass is 9.84. The third-order valence-electron chi connectivity index (χ3n) is 6.21. The van der Waals surface area contributed by atoms with E-state index in [2.05, 4.69) is 56.0 Å². The number of benzene rings is 2. The Bertz CT molecular complexity index is 861. The van der Waals surface area contributed by atoms with E-state index in [1.807, 2.05) is 24.3 Å². The van der Waals surface area contributed by atoms with Gasteiger partial charge >= 0.3 is 0 Å². The molecular formula is C30H38O. The van der Waals surface area contributed by atoms with E-state index in [1.54, 1.807) is 0 Å². The zero-order valence-electron chi connectivity index (χ0n) is 19.5. The van der Waals surface area contributed by atoms with Gasteiger partial charge in [0.1, 0.15) is 5.75 Å². The second-order valence-corrected chi connectivity index (χ2v) is 8.77. The first-order valence-corrected chi connectivity index (χ1v) is 12.3. The van der Waals surface area contributed by atoms with Gasteiger partial charge in [-0.05, 0) is 79.1 Å². The van der Waals surface area contributed by atoms with Crippen molar-refractivity contribution in [3.8, 4) is 17.6 Å². The largest absolute Gasteiger partial charge is 0.494 e. The maximum absolute atomic E-state index is 5.77. The summed E-state index contributed by atoms with van der Waals surface area (Å²) in [6.07, 6.45) is 15.3. The Morgan fingerprint density at radius 1 is 0.806 bits per heavy atom. The summed E-state index contributed by atoms with van der Waals surface area (Å²) in [5.41, 5.74) is 4.97. The number of ether oxygens (including phenoxy) is 1. The minimum absolute atomic E-state index is 0.793. The molecule has 0 fully saturated rings. The van der Waals surface area contributed by atoms with E-state index in [1.165, 1.54) is 68.9 Å². The van der Waals surface area contributed by atoms with Crippen LogP contribution in [-0.4, -0.2) is 6.61 Å². The third kappa shape index (κ3) is 7.95. The summed E-state index contributed by atoms with van der Waals surface area (Å²) >= 11 is 0. The van der Waals surface area contributed by atoms with Crippen LogP contribution in [0.3, 0.4) is 0 Å². The first-order chi connectivity index (χ1) is 15.3. The van der Waals surface area contributed by atoms with Crippen LogP contribution in [0.25, 0.3) is 5.57 Å². The quantitative estimate of drug-likeness (QED) is 0.280. The molecule has 0 aliphatic heterocycles. The normalized spacial score (nSPS) is 15.7. The van der Waals surface area contributed by atoms with Crippen LogP contribution in [0.4, 0.5) is 0 Å². The highest BCUT2D eigenvalue weighted by molar-refractivity contribution is 5.67. The molecule has 1 heteroatoms. The molecule has 0 aromatic heterocycles. The average Bonchev–Trinajstić information content (AvgIpc) is 2.82. The lowest BCUT2D eigenvalue weighted by Gasteiger charge is -2.22. The minimum Gasteiger partial charge on any atom is -0.494 e. The van der Waals surface area contributed by atoms with Crippen molar-refractivity contribution in [2.45, 2.75) is 78.1 Å². The molecule has 2 aromatic carbocycles. The van der Waals surface area contributed by atoms with Crippen LogP contribution >= 0.6 is 0 Å². The first kappa shape index (κ1) is 23.2. The maximum atomic E-state index is 5.77. The topological polar surface area (TPSA) is 9.23 Å². The highest BCUT2D eigenvalue weighted by Gasteiger charge is 2.15. The molecule has 0 bridgehead atoms. The molecule has 31 heavy (non-hydrogen) atoms. The molecule has 0 saturated carbocycles. The molecule has 2 aromatic rings. The van der Waals surface area contributed by atoms with Crippen molar-refractivity contribution in [2.75, 3.05) is 6.61 Å². The van der Waals surface area contributed by atoms with Gasteiger partial charge in [0.25, 0.3) is 0 Å². The van der Waals surface area contributed by atoms with E-state index in [0.29, 0.717) is 0 Å². The number of hydrogen-bond donors (Lipinski definition) is 0. The Morgan fingerprint density at radius 3 is 2.06 bits per heavy atom. The van der Waals surface area contributed by atoms with Crippen LogP contribution in [0.5, 0.6) is 5.75 Å². The molecule has 164 valence electrons. The zero-order valence-corrected chi connectivity index (χ0v) is 19.5. The second-order valence-electron chi connectivity index (χ2n) is 8.77. The van der Waals surface area contributed by atoms with Gasteiger partial charge in [0.05, 0.1) is 6.61 Å². The highest BCUT2D eigenvalue weighted by atomic mass is 16.5. The van der Waals surface area contributed by atoms with Crippen molar-refractivity contribution in [3.63, 3.8) is 0 Å². The molecule has 0 N–H and O–H groups in total. The van der Waals surface area contributed by atoms with Crippen LogP contribution in [0.15, 0.2) is 54.6 Å². The van der Waals surface area contributed by atoms with Gasteiger partial charge in [-0.2, -0.15) is 0 Å². The molecule has 1 unspecified atom stereocenters. The highest BCUT2D eigenvalue weighted by Crippen LogP contribution is 2.32. The fourth-order valence-corrected chi connectivity index (χ4v) is 4.18. The van der Waals surface area contributed by atoms with Crippen LogP contribution in [0.1, 0.15) is 94.7 Å². The molecule has 0 saturated heterocycles. The lowest BCUT2D eigenvalue weighted by Crippen LogP contribution is -2.05. The van der Waals surface area contributed by atoms with E-state index in [0.717, 1.165) is 35.8 Å². The molecule has 0 radical (unpaired) electrons. The fraction of sp³-hybridized carbons (Fsp3) is 0.467. The number of hydrogen-bond acceptors (Lipinski definition) is 1. The maximum Gasteiger partial charge on any atom is 0.119 e. The van der Waals surface area contributed by atoms with E-state index in [4.69, 9.17) is 4.74 Å². The van der Waals surface area contributed by atoms with Gasteiger partial charge in [-0.1, -0.05) is 82.4 Å². The summed E-state index contributed by atoms with van der Waals surface area (Å²) in [5.74, 6) is 8.40. The fourth-order valence-electron chi connectivity index (χ4n) is 4.18. The molecule has 0 spiro atoms. The van der Waals surface area contributed by atoms with Gasteiger partial charge < -0.3 is 4.74 Å². The lowest BCUT2D eigenvalue weighted by molar-refractivity contribution is 0.306. The Hall–Kier alpha value is -2.46. The third-order valence-corrected chi connectivity index (χ3v) is 6.21. The van der Waals surface area contributed by atoms with Crippen LogP contribution < -0.4 is 4.74 Å². The molecule has 3 rings (SSSR count). The van der Waals surface area contributed by atoms with E-state index >= 15 is 0 Å². The summed E-state index contributed by atoms with van der Waals surface area (Å²) in [6.45, 7) is 5.29. The SMILES string of the molecule is CCCCCOc1ccc(C#Cc2ccc(C3=CCC(CCCCC)CC3)cc2)cc1. The van der Waals surface area contributed by atoms with E-state index in [9.17, 15) is 0 Å².